The SMILES string of the molecule is CC(C)COCCNC1CC(Cl)C1. The van der Waals surface area contributed by atoms with Crippen molar-refractivity contribution in [1.82, 2.24) is 5.32 Å². The number of hydrogen-bond donors (Lipinski definition) is 1. The molecule has 78 valence electrons. The van der Waals surface area contributed by atoms with E-state index in [-0.39, 0.29) is 0 Å². The molecule has 0 bridgehead atoms. The lowest BCUT2D eigenvalue weighted by atomic mass is 9.92. The summed E-state index contributed by atoms with van der Waals surface area (Å²) in [6.07, 6.45) is 2.23. The molecule has 0 radical (unpaired) electrons. The lowest BCUT2D eigenvalue weighted by molar-refractivity contribution is 0.107. The molecule has 0 aliphatic heterocycles. The van der Waals surface area contributed by atoms with Gasteiger partial charge >= 0.3 is 0 Å². The Hall–Kier alpha value is 0.210. The molecule has 0 atom stereocenters. The van der Waals surface area contributed by atoms with Gasteiger partial charge in [-0.3, -0.25) is 0 Å². The fourth-order valence-electron chi connectivity index (χ4n) is 1.37. The second-order valence-electron chi connectivity index (χ2n) is 4.19. The summed E-state index contributed by atoms with van der Waals surface area (Å²) in [6, 6.07) is 0.644. The summed E-state index contributed by atoms with van der Waals surface area (Å²) in [5, 5.41) is 3.82. The molecule has 1 aliphatic rings. The van der Waals surface area contributed by atoms with E-state index in [2.05, 4.69) is 19.2 Å². The van der Waals surface area contributed by atoms with Crippen LogP contribution in [0.2, 0.25) is 0 Å². The van der Waals surface area contributed by atoms with Gasteiger partial charge in [-0.15, -0.1) is 11.6 Å². The van der Waals surface area contributed by atoms with E-state index in [1.807, 2.05) is 0 Å². The van der Waals surface area contributed by atoms with Gasteiger partial charge < -0.3 is 10.1 Å². The van der Waals surface area contributed by atoms with Gasteiger partial charge in [0.15, 0.2) is 0 Å². The Labute approximate surface area is 86.0 Å². The molecule has 0 saturated heterocycles. The molecular weight excluding hydrogens is 186 g/mol. The van der Waals surface area contributed by atoms with Crippen molar-refractivity contribution in [3.05, 3.63) is 0 Å². The highest BCUT2D eigenvalue weighted by atomic mass is 35.5. The van der Waals surface area contributed by atoms with Crippen molar-refractivity contribution in [3.8, 4) is 0 Å². The average molecular weight is 206 g/mol. The monoisotopic (exact) mass is 205 g/mol. The second kappa shape index (κ2) is 5.84. The van der Waals surface area contributed by atoms with Gasteiger partial charge in [0.05, 0.1) is 6.61 Å². The van der Waals surface area contributed by atoms with Crippen LogP contribution in [0.4, 0.5) is 0 Å². The molecule has 1 fully saturated rings. The van der Waals surface area contributed by atoms with Crippen LogP contribution >= 0.6 is 11.6 Å². The highest BCUT2D eigenvalue weighted by Crippen LogP contribution is 2.24. The van der Waals surface area contributed by atoms with Crippen LogP contribution in [-0.4, -0.2) is 31.2 Å². The molecule has 0 aromatic rings. The topological polar surface area (TPSA) is 21.3 Å². The smallest absolute Gasteiger partial charge is 0.0591 e. The van der Waals surface area contributed by atoms with Gasteiger partial charge in [-0.25, -0.2) is 0 Å². The van der Waals surface area contributed by atoms with Gasteiger partial charge in [-0.2, -0.15) is 0 Å². The Morgan fingerprint density at radius 3 is 2.69 bits per heavy atom. The Bertz CT molecular complexity index is 135. The Kier molecular flexibility index (Phi) is 5.07. The molecule has 13 heavy (non-hydrogen) atoms. The van der Waals surface area contributed by atoms with E-state index in [0.717, 1.165) is 32.6 Å². The maximum atomic E-state index is 5.85. The molecule has 0 aromatic carbocycles. The summed E-state index contributed by atoms with van der Waals surface area (Å²) in [7, 11) is 0. The van der Waals surface area contributed by atoms with Crippen LogP contribution in [0.1, 0.15) is 26.7 Å². The highest BCUT2D eigenvalue weighted by molar-refractivity contribution is 6.21. The van der Waals surface area contributed by atoms with Gasteiger partial charge in [-0.05, 0) is 18.8 Å². The molecule has 0 spiro atoms. The zero-order chi connectivity index (χ0) is 9.68. The Morgan fingerprint density at radius 1 is 1.46 bits per heavy atom. The predicted molar refractivity (Wildman–Crippen MR) is 56.3 cm³/mol. The number of halogens is 1. The fraction of sp³-hybridized carbons (Fsp3) is 1.00. The van der Waals surface area contributed by atoms with E-state index >= 15 is 0 Å². The minimum absolute atomic E-state index is 0.411. The molecule has 1 rings (SSSR count). The molecule has 3 heteroatoms. The van der Waals surface area contributed by atoms with E-state index in [9.17, 15) is 0 Å². The van der Waals surface area contributed by atoms with Crippen LogP contribution in [0.5, 0.6) is 0 Å². The third kappa shape index (κ3) is 4.84. The van der Waals surface area contributed by atoms with Crippen molar-refractivity contribution in [3.63, 3.8) is 0 Å². The van der Waals surface area contributed by atoms with Crippen molar-refractivity contribution >= 4 is 11.6 Å². The van der Waals surface area contributed by atoms with Gasteiger partial charge in [-0.1, -0.05) is 13.8 Å². The molecule has 0 amide bonds. The normalized spacial score (nSPS) is 27.7. The quantitative estimate of drug-likeness (QED) is 0.529. The first-order valence-corrected chi connectivity index (χ1v) is 5.57. The Morgan fingerprint density at radius 2 is 2.15 bits per heavy atom. The average Bonchev–Trinajstić information content (AvgIpc) is 1.99. The Balaban J connectivity index is 1.79. The minimum Gasteiger partial charge on any atom is -0.380 e. The third-order valence-electron chi connectivity index (χ3n) is 2.21. The van der Waals surface area contributed by atoms with Crippen LogP contribution in [0, 0.1) is 5.92 Å². The number of alkyl halides is 1. The molecular formula is C10H20ClNO. The van der Waals surface area contributed by atoms with E-state index < -0.39 is 0 Å². The maximum absolute atomic E-state index is 5.85. The summed E-state index contributed by atoms with van der Waals surface area (Å²) < 4.78 is 5.45. The van der Waals surface area contributed by atoms with Gasteiger partial charge in [0.2, 0.25) is 0 Å². The molecule has 0 unspecified atom stereocenters. The lowest BCUT2D eigenvalue weighted by Crippen LogP contribution is -2.43. The van der Waals surface area contributed by atoms with Crippen molar-refractivity contribution in [1.29, 1.82) is 0 Å². The predicted octanol–water partition coefficient (Wildman–Crippen LogP) is 2.02. The molecule has 1 N–H and O–H groups in total. The van der Waals surface area contributed by atoms with Crippen LogP contribution < -0.4 is 5.32 Å². The van der Waals surface area contributed by atoms with Crippen LogP contribution in [0.25, 0.3) is 0 Å². The van der Waals surface area contributed by atoms with E-state index in [1.165, 1.54) is 0 Å². The van der Waals surface area contributed by atoms with Gasteiger partial charge in [0, 0.05) is 24.6 Å². The minimum atomic E-state index is 0.411. The van der Waals surface area contributed by atoms with E-state index in [4.69, 9.17) is 16.3 Å². The highest BCUT2D eigenvalue weighted by Gasteiger charge is 2.25. The number of nitrogens with one attached hydrogen (secondary N) is 1. The molecule has 1 aliphatic carbocycles. The largest absolute Gasteiger partial charge is 0.380 e. The fourth-order valence-corrected chi connectivity index (χ4v) is 1.80. The zero-order valence-electron chi connectivity index (χ0n) is 8.55. The first kappa shape index (κ1) is 11.3. The van der Waals surface area contributed by atoms with Crippen LogP contribution in [-0.2, 0) is 4.74 Å². The molecule has 1 saturated carbocycles. The number of hydrogen-bond acceptors (Lipinski definition) is 2. The third-order valence-corrected chi connectivity index (χ3v) is 2.57. The molecule has 0 aromatic heterocycles. The van der Waals surface area contributed by atoms with Crippen molar-refractivity contribution in [2.24, 2.45) is 5.92 Å². The first-order valence-electron chi connectivity index (χ1n) is 5.13. The van der Waals surface area contributed by atoms with Crippen molar-refractivity contribution < 1.29 is 4.74 Å². The summed E-state index contributed by atoms with van der Waals surface area (Å²) >= 11 is 5.85. The summed E-state index contributed by atoms with van der Waals surface area (Å²) in [4.78, 5) is 0. The summed E-state index contributed by atoms with van der Waals surface area (Å²) in [5.74, 6) is 0.635. The number of ether oxygens (including phenoxy) is 1. The van der Waals surface area contributed by atoms with Crippen LogP contribution in [0.3, 0.4) is 0 Å². The lowest BCUT2D eigenvalue weighted by Gasteiger charge is -2.31. The standard InChI is InChI=1S/C10H20ClNO/c1-8(2)7-13-4-3-12-10-5-9(11)6-10/h8-10,12H,3-7H2,1-2H3. The van der Waals surface area contributed by atoms with Gasteiger partial charge in [0.25, 0.3) is 0 Å². The van der Waals surface area contributed by atoms with E-state index in [0.29, 0.717) is 17.3 Å². The molecule has 2 nitrogen and oxygen atoms in total. The summed E-state index contributed by atoms with van der Waals surface area (Å²) in [6.45, 7) is 6.97. The maximum Gasteiger partial charge on any atom is 0.0591 e. The van der Waals surface area contributed by atoms with Crippen LogP contribution in [0.15, 0.2) is 0 Å². The molecule has 0 heterocycles. The van der Waals surface area contributed by atoms with Gasteiger partial charge in [0.1, 0.15) is 0 Å². The first-order chi connectivity index (χ1) is 6.18. The van der Waals surface area contributed by atoms with E-state index in [1.54, 1.807) is 0 Å². The number of rotatable bonds is 6. The van der Waals surface area contributed by atoms with Crippen molar-refractivity contribution in [2.75, 3.05) is 19.8 Å². The summed E-state index contributed by atoms with van der Waals surface area (Å²) in [5.41, 5.74) is 0. The second-order valence-corrected chi connectivity index (χ2v) is 4.81. The zero-order valence-corrected chi connectivity index (χ0v) is 9.31. The van der Waals surface area contributed by atoms with Crippen molar-refractivity contribution in [2.45, 2.75) is 38.1 Å².